The number of amidine groups is 1. The van der Waals surface area contributed by atoms with Gasteiger partial charge in [-0.1, -0.05) is 25.4 Å². The molecule has 0 aromatic carbocycles. The van der Waals surface area contributed by atoms with Crippen molar-refractivity contribution in [3.63, 3.8) is 0 Å². The van der Waals surface area contributed by atoms with Crippen molar-refractivity contribution in [3.05, 3.63) is 18.2 Å². The largest absolute Gasteiger partial charge is 0.409 e. The Hall–Kier alpha value is -1.56. The van der Waals surface area contributed by atoms with Gasteiger partial charge in [0, 0.05) is 24.9 Å². The standard InChI is InChI=1S/C14H27N5O/c1-14(2,13(15)17-20)7-5-6-9-18(3)11-12-16-8-10-19(12)4/h8,10,20H,5-7,9,11H2,1-4H3,(H2,15,17). The highest BCUT2D eigenvalue weighted by Crippen LogP contribution is 2.23. The van der Waals surface area contributed by atoms with Crippen LogP contribution in [0.15, 0.2) is 17.5 Å². The van der Waals surface area contributed by atoms with E-state index in [1.165, 1.54) is 0 Å². The minimum Gasteiger partial charge on any atom is -0.409 e. The van der Waals surface area contributed by atoms with Crippen molar-refractivity contribution in [2.45, 2.75) is 39.7 Å². The Balaban J connectivity index is 2.26. The maximum absolute atomic E-state index is 8.73. The number of aryl methyl sites for hydroxylation is 1. The zero-order valence-electron chi connectivity index (χ0n) is 13.0. The lowest BCUT2D eigenvalue weighted by Gasteiger charge is -2.23. The number of nitrogens with two attached hydrogens (primary N) is 1. The number of imidazole rings is 1. The number of hydrogen-bond donors (Lipinski definition) is 2. The van der Waals surface area contributed by atoms with Crippen LogP contribution in [-0.2, 0) is 13.6 Å². The molecule has 1 aromatic rings. The van der Waals surface area contributed by atoms with Gasteiger partial charge < -0.3 is 15.5 Å². The van der Waals surface area contributed by atoms with Gasteiger partial charge in [0.05, 0.1) is 6.54 Å². The van der Waals surface area contributed by atoms with Gasteiger partial charge in [-0.2, -0.15) is 0 Å². The third-order valence-electron chi connectivity index (χ3n) is 3.73. The van der Waals surface area contributed by atoms with Gasteiger partial charge in [-0.25, -0.2) is 4.98 Å². The predicted molar refractivity (Wildman–Crippen MR) is 80.6 cm³/mol. The first-order chi connectivity index (χ1) is 9.36. The van der Waals surface area contributed by atoms with Gasteiger partial charge >= 0.3 is 0 Å². The molecule has 6 heteroatoms. The number of oxime groups is 1. The van der Waals surface area contributed by atoms with E-state index in [9.17, 15) is 0 Å². The molecule has 0 fully saturated rings. The summed E-state index contributed by atoms with van der Waals surface area (Å²) < 4.78 is 2.04. The lowest BCUT2D eigenvalue weighted by molar-refractivity contribution is 0.291. The Bertz CT molecular complexity index is 439. The van der Waals surface area contributed by atoms with Crippen LogP contribution in [0.3, 0.4) is 0 Å². The summed E-state index contributed by atoms with van der Waals surface area (Å²) >= 11 is 0. The van der Waals surface area contributed by atoms with Gasteiger partial charge in [0.15, 0.2) is 0 Å². The topological polar surface area (TPSA) is 79.7 Å². The van der Waals surface area contributed by atoms with Gasteiger partial charge in [-0.3, -0.25) is 4.90 Å². The minimum atomic E-state index is -0.243. The fraction of sp³-hybridized carbons (Fsp3) is 0.714. The van der Waals surface area contributed by atoms with Crippen LogP contribution in [0.1, 0.15) is 38.9 Å². The Kier molecular flexibility index (Phi) is 6.01. The van der Waals surface area contributed by atoms with Gasteiger partial charge in [0.2, 0.25) is 0 Å². The van der Waals surface area contributed by atoms with E-state index >= 15 is 0 Å². The summed E-state index contributed by atoms with van der Waals surface area (Å²) in [5.74, 6) is 1.38. The zero-order valence-corrected chi connectivity index (χ0v) is 13.0. The molecule has 0 aliphatic rings. The van der Waals surface area contributed by atoms with E-state index in [1.807, 2.05) is 37.9 Å². The lowest BCUT2D eigenvalue weighted by Crippen LogP contribution is -2.32. The molecule has 0 aliphatic heterocycles. The van der Waals surface area contributed by atoms with E-state index in [1.54, 1.807) is 0 Å². The SMILES string of the molecule is CN(CCCCC(C)(C)/C(N)=N/O)Cc1nccn1C. The van der Waals surface area contributed by atoms with Crippen molar-refractivity contribution in [1.29, 1.82) is 0 Å². The van der Waals surface area contributed by atoms with Gasteiger partial charge in [-0.05, 0) is 26.4 Å². The van der Waals surface area contributed by atoms with Crippen molar-refractivity contribution < 1.29 is 5.21 Å². The van der Waals surface area contributed by atoms with E-state index in [4.69, 9.17) is 10.9 Å². The van der Waals surface area contributed by atoms with Gasteiger partial charge in [-0.15, -0.1) is 0 Å². The molecule has 0 saturated carbocycles. The first-order valence-corrected chi connectivity index (χ1v) is 6.99. The van der Waals surface area contributed by atoms with Crippen LogP contribution < -0.4 is 5.73 Å². The lowest BCUT2D eigenvalue weighted by atomic mass is 9.86. The maximum Gasteiger partial charge on any atom is 0.144 e. The molecule has 1 aromatic heterocycles. The smallest absolute Gasteiger partial charge is 0.144 e. The van der Waals surface area contributed by atoms with Crippen molar-refractivity contribution >= 4 is 5.84 Å². The van der Waals surface area contributed by atoms with E-state index in [0.29, 0.717) is 5.84 Å². The van der Waals surface area contributed by atoms with Crippen LogP contribution in [0.25, 0.3) is 0 Å². The van der Waals surface area contributed by atoms with Crippen LogP contribution in [-0.4, -0.2) is 39.1 Å². The highest BCUT2D eigenvalue weighted by atomic mass is 16.4. The Morgan fingerprint density at radius 1 is 1.50 bits per heavy atom. The first kappa shape index (κ1) is 16.5. The summed E-state index contributed by atoms with van der Waals surface area (Å²) in [7, 11) is 4.11. The molecule has 6 nitrogen and oxygen atoms in total. The van der Waals surface area contributed by atoms with E-state index < -0.39 is 0 Å². The Morgan fingerprint density at radius 3 is 2.75 bits per heavy atom. The molecule has 0 amide bonds. The highest BCUT2D eigenvalue weighted by molar-refractivity contribution is 5.85. The molecule has 0 radical (unpaired) electrons. The number of nitrogens with zero attached hydrogens (tertiary/aromatic N) is 4. The third kappa shape index (κ3) is 4.85. The third-order valence-corrected chi connectivity index (χ3v) is 3.73. The number of unbranched alkanes of at least 4 members (excludes halogenated alkanes) is 1. The predicted octanol–water partition coefficient (Wildman–Crippen LogP) is 1.79. The molecule has 1 rings (SSSR count). The molecule has 3 N–H and O–H groups in total. The molecule has 0 bridgehead atoms. The fourth-order valence-corrected chi connectivity index (χ4v) is 2.08. The molecule has 114 valence electrons. The molecule has 0 aliphatic carbocycles. The van der Waals surface area contributed by atoms with Gasteiger partial charge in [0.1, 0.15) is 11.7 Å². The summed E-state index contributed by atoms with van der Waals surface area (Å²) in [6.45, 7) is 5.87. The Labute approximate surface area is 121 Å². The second kappa shape index (κ2) is 7.28. The summed E-state index contributed by atoms with van der Waals surface area (Å²) in [6.07, 6.45) is 6.84. The quantitative estimate of drug-likeness (QED) is 0.250. The molecule has 0 spiro atoms. The van der Waals surface area contributed by atoms with Crippen LogP contribution in [0.5, 0.6) is 0 Å². The second-order valence-corrected chi connectivity index (χ2v) is 6.02. The first-order valence-electron chi connectivity index (χ1n) is 6.99. The van der Waals surface area contributed by atoms with Crippen LogP contribution in [0, 0.1) is 5.41 Å². The van der Waals surface area contributed by atoms with E-state index in [0.717, 1.165) is 38.2 Å². The summed E-state index contributed by atoms with van der Waals surface area (Å²) in [6, 6.07) is 0. The number of hydrogen-bond acceptors (Lipinski definition) is 4. The maximum atomic E-state index is 8.73. The average molecular weight is 281 g/mol. The average Bonchev–Trinajstić information content (AvgIpc) is 2.79. The molecule has 0 unspecified atom stereocenters. The van der Waals surface area contributed by atoms with Crippen LogP contribution in [0.2, 0.25) is 0 Å². The summed E-state index contributed by atoms with van der Waals surface area (Å²) in [5, 5.41) is 11.8. The van der Waals surface area contributed by atoms with Crippen molar-refractivity contribution in [1.82, 2.24) is 14.5 Å². The minimum absolute atomic E-state index is 0.243. The van der Waals surface area contributed by atoms with Crippen molar-refractivity contribution in [2.75, 3.05) is 13.6 Å². The van der Waals surface area contributed by atoms with Crippen molar-refractivity contribution in [2.24, 2.45) is 23.4 Å². The second-order valence-electron chi connectivity index (χ2n) is 6.02. The number of rotatable bonds is 8. The molecule has 20 heavy (non-hydrogen) atoms. The summed E-state index contributed by atoms with van der Waals surface area (Å²) in [4.78, 5) is 6.58. The van der Waals surface area contributed by atoms with Crippen molar-refractivity contribution in [3.8, 4) is 0 Å². The monoisotopic (exact) mass is 281 g/mol. The molecule has 1 heterocycles. The zero-order chi connectivity index (χ0) is 15.2. The van der Waals surface area contributed by atoms with Gasteiger partial charge in [0.25, 0.3) is 0 Å². The molecule has 0 saturated heterocycles. The molecular weight excluding hydrogens is 254 g/mol. The van der Waals surface area contributed by atoms with Crippen LogP contribution in [0.4, 0.5) is 0 Å². The van der Waals surface area contributed by atoms with Crippen LogP contribution >= 0.6 is 0 Å². The van der Waals surface area contributed by atoms with E-state index in [-0.39, 0.29) is 5.41 Å². The normalized spacial score (nSPS) is 13.2. The highest BCUT2D eigenvalue weighted by Gasteiger charge is 2.22. The Morgan fingerprint density at radius 2 is 2.20 bits per heavy atom. The fourth-order valence-electron chi connectivity index (χ4n) is 2.08. The number of aromatic nitrogens is 2. The summed E-state index contributed by atoms with van der Waals surface area (Å²) in [5.41, 5.74) is 5.44. The molecular formula is C14H27N5O. The molecule has 0 atom stereocenters. The van der Waals surface area contributed by atoms with E-state index in [2.05, 4.69) is 22.1 Å².